The molecule has 14 nitrogen and oxygen atoms in total. The van der Waals surface area contributed by atoms with Crippen molar-refractivity contribution in [2.75, 3.05) is 20.3 Å². The molecule has 0 saturated carbocycles. The minimum absolute atomic E-state index is 0.0129. The number of aliphatic hydroxyl groups excluding tert-OH is 1. The lowest BCUT2D eigenvalue weighted by atomic mass is 10.2. The quantitative estimate of drug-likeness (QED) is 0.120. The smallest absolute Gasteiger partial charge is 0.298 e. The molecule has 246 valence electrons. The number of fused-ring (bicyclic) bond motifs is 2. The van der Waals surface area contributed by atoms with Gasteiger partial charge in [-0.1, -0.05) is 12.2 Å². The van der Waals surface area contributed by atoms with Gasteiger partial charge in [-0.2, -0.15) is 10.1 Å². The normalized spacial score (nSPS) is 12.6. The Morgan fingerprint density at radius 1 is 1.00 bits per heavy atom. The summed E-state index contributed by atoms with van der Waals surface area (Å²) in [6, 6.07) is 10.3. The standard InChI is InChI=1S/C33H39N9O5/c1-6-42-27(16-21(2)37-42)31(46)36-33-38(4)25-19-23(30(34)45)10-11-24(25)40(33)12-7-8-13-41-29-26(39(5)32(41)35-3)17-22(20-44)18-28(29)47-15-9-14-43/h7-8,10-11,16-20,43H,6,9,12-15H2,1-5H3,(H2,34,45)/b8-7+,35-32+,36-33+. The topological polar surface area (TPSA) is 169 Å². The van der Waals surface area contributed by atoms with Crippen molar-refractivity contribution in [2.45, 2.75) is 39.9 Å². The number of aldehydes is 1. The maximum absolute atomic E-state index is 13.4. The molecule has 3 heterocycles. The van der Waals surface area contributed by atoms with Gasteiger partial charge >= 0.3 is 0 Å². The van der Waals surface area contributed by atoms with Gasteiger partial charge in [0.25, 0.3) is 5.91 Å². The van der Waals surface area contributed by atoms with Gasteiger partial charge in [0.2, 0.25) is 17.1 Å². The molecule has 0 aliphatic rings. The number of carbonyl (C=O) groups is 3. The second-order valence-electron chi connectivity index (χ2n) is 11.0. The maximum atomic E-state index is 13.4. The summed E-state index contributed by atoms with van der Waals surface area (Å²) in [5.41, 5.74) is 11.5. The molecular weight excluding hydrogens is 602 g/mol. The molecule has 3 N–H and O–H groups in total. The average Bonchev–Trinajstić information content (AvgIpc) is 3.67. The fourth-order valence-electron chi connectivity index (χ4n) is 5.75. The van der Waals surface area contributed by atoms with E-state index in [4.69, 9.17) is 10.5 Å². The molecule has 0 saturated heterocycles. The van der Waals surface area contributed by atoms with Crippen molar-refractivity contribution >= 4 is 40.2 Å². The highest BCUT2D eigenvalue weighted by Crippen LogP contribution is 2.27. The number of primary amides is 1. The third-order valence-electron chi connectivity index (χ3n) is 7.96. The van der Waals surface area contributed by atoms with Crippen LogP contribution in [-0.4, -0.2) is 71.5 Å². The molecule has 5 rings (SSSR count). The number of benzene rings is 2. The van der Waals surface area contributed by atoms with E-state index >= 15 is 0 Å². The van der Waals surface area contributed by atoms with Crippen LogP contribution < -0.4 is 21.7 Å². The zero-order valence-electron chi connectivity index (χ0n) is 27.2. The van der Waals surface area contributed by atoms with Crippen LogP contribution in [0, 0.1) is 6.92 Å². The van der Waals surface area contributed by atoms with Crippen molar-refractivity contribution in [3.8, 4) is 5.75 Å². The van der Waals surface area contributed by atoms with E-state index in [1.165, 1.54) is 0 Å². The van der Waals surface area contributed by atoms with Gasteiger partial charge in [0.1, 0.15) is 23.2 Å². The summed E-state index contributed by atoms with van der Waals surface area (Å²) in [5.74, 6) is -0.470. The molecule has 2 amide bonds. The molecule has 2 aromatic carbocycles. The maximum Gasteiger partial charge on any atom is 0.298 e. The Labute approximate surface area is 270 Å². The Hall–Kier alpha value is -5.50. The lowest BCUT2D eigenvalue weighted by molar-refractivity contribution is 0.0981. The largest absolute Gasteiger partial charge is 0.491 e. The molecule has 3 aromatic heterocycles. The van der Waals surface area contributed by atoms with Gasteiger partial charge in [-0.05, 0) is 50.2 Å². The van der Waals surface area contributed by atoms with Crippen LogP contribution in [0.3, 0.4) is 0 Å². The van der Waals surface area contributed by atoms with Crippen LogP contribution in [0.4, 0.5) is 0 Å². The Morgan fingerprint density at radius 2 is 1.72 bits per heavy atom. The number of allylic oxidation sites excluding steroid dienone is 2. The highest BCUT2D eigenvalue weighted by atomic mass is 16.5. The highest BCUT2D eigenvalue weighted by Gasteiger charge is 2.18. The number of aliphatic hydroxyl groups is 1. The number of nitrogens with zero attached hydrogens (tertiary/aromatic N) is 8. The number of rotatable bonds is 12. The van der Waals surface area contributed by atoms with E-state index < -0.39 is 11.8 Å². The molecular formula is C33H39N9O5. The summed E-state index contributed by atoms with van der Waals surface area (Å²) < 4.78 is 15.2. The summed E-state index contributed by atoms with van der Waals surface area (Å²) in [4.78, 5) is 46.1. The van der Waals surface area contributed by atoms with Crippen LogP contribution in [0.2, 0.25) is 0 Å². The lowest BCUT2D eigenvalue weighted by Crippen LogP contribution is -2.26. The van der Waals surface area contributed by atoms with Crippen LogP contribution in [0.1, 0.15) is 50.2 Å². The summed E-state index contributed by atoms with van der Waals surface area (Å²) >= 11 is 0. The summed E-state index contributed by atoms with van der Waals surface area (Å²) in [7, 11) is 5.36. The number of hydrogen-bond donors (Lipinski definition) is 2. The van der Waals surface area contributed by atoms with E-state index in [-0.39, 0.29) is 13.2 Å². The highest BCUT2D eigenvalue weighted by molar-refractivity contribution is 5.97. The second kappa shape index (κ2) is 13.9. The van der Waals surface area contributed by atoms with Gasteiger partial charge in [0.15, 0.2) is 0 Å². The van der Waals surface area contributed by atoms with Crippen LogP contribution in [-0.2, 0) is 33.7 Å². The third-order valence-corrected chi connectivity index (χ3v) is 7.96. The first-order chi connectivity index (χ1) is 22.6. The Morgan fingerprint density at radius 3 is 2.38 bits per heavy atom. The first-order valence-electron chi connectivity index (χ1n) is 15.3. The number of amides is 2. The number of nitrogens with two attached hydrogens (primary N) is 1. The molecule has 5 aromatic rings. The summed E-state index contributed by atoms with van der Waals surface area (Å²) in [5, 5.41) is 13.7. The number of carbonyl (C=O) groups excluding carboxylic acids is 3. The average molecular weight is 642 g/mol. The molecule has 0 aliphatic carbocycles. The number of imidazole rings is 2. The molecule has 0 unspecified atom stereocenters. The minimum atomic E-state index is -0.555. The zero-order chi connectivity index (χ0) is 33.8. The second-order valence-corrected chi connectivity index (χ2v) is 11.0. The molecule has 0 fully saturated rings. The van der Waals surface area contributed by atoms with E-state index in [1.807, 2.05) is 46.7 Å². The van der Waals surface area contributed by atoms with Crippen LogP contribution in [0.5, 0.6) is 5.75 Å². The first kappa shape index (κ1) is 32.9. The number of aromatic nitrogens is 6. The molecule has 47 heavy (non-hydrogen) atoms. The fourth-order valence-corrected chi connectivity index (χ4v) is 5.75. The van der Waals surface area contributed by atoms with Crippen molar-refractivity contribution in [2.24, 2.45) is 29.8 Å². The van der Waals surface area contributed by atoms with Crippen molar-refractivity contribution in [1.82, 2.24) is 28.0 Å². The van der Waals surface area contributed by atoms with Gasteiger partial charge in [-0.25, -0.2) is 0 Å². The van der Waals surface area contributed by atoms with E-state index in [1.54, 1.807) is 59.7 Å². The van der Waals surface area contributed by atoms with Crippen molar-refractivity contribution < 1.29 is 24.2 Å². The monoisotopic (exact) mass is 641 g/mol. The summed E-state index contributed by atoms with van der Waals surface area (Å²) in [6.07, 6.45) is 5.16. The molecule has 0 spiro atoms. The number of aryl methyl sites for hydroxylation is 4. The third kappa shape index (κ3) is 6.31. The predicted molar refractivity (Wildman–Crippen MR) is 176 cm³/mol. The Bertz CT molecular complexity index is 2170. The molecule has 0 aliphatic heterocycles. The summed E-state index contributed by atoms with van der Waals surface area (Å²) in [6.45, 7) is 5.30. The first-order valence-corrected chi connectivity index (χ1v) is 15.3. The number of hydrogen-bond acceptors (Lipinski definition) is 7. The van der Waals surface area contributed by atoms with Crippen LogP contribution in [0.15, 0.2) is 58.5 Å². The van der Waals surface area contributed by atoms with Crippen molar-refractivity contribution in [3.05, 3.63) is 82.3 Å². The van der Waals surface area contributed by atoms with Crippen molar-refractivity contribution in [3.63, 3.8) is 0 Å². The van der Waals surface area contributed by atoms with Gasteiger partial charge in [0.05, 0.1) is 28.9 Å². The van der Waals surface area contributed by atoms with Gasteiger partial charge in [-0.3, -0.25) is 24.1 Å². The van der Waals surface area contributed by atoms with E-state index in [0.717, 1.165) is 28.5 Å². The fraction of sp³-hybridized carbons (Fsp3) is 0.333. The van der Waals surface area contributed by atoms with E-state index in [9.17, 15) is 19.5 Å². The van der Waals surface area contributed by atoms with Gasteiger partial charge in [-0.15, -0.1) is 0 Å². The van der Waals surface area contributed by atoms with Crippen LogP contribution >= 0.6 is 0 Å². The minimum Gasteiger partial charge on any atom is -0.491 e. The zero-order valence-corrected chi connectivity index (χ0v) is 27.2. The predicted octanol–water partition coefficient (Wildman–Crippen LogP) is 2.00. The molecule has 0 bridgehead atoms. The Balaban J connectivity index is 1.57. The molecule has 0 radical (unpaired) electrons. The van der Waals surface area contributed by atoms with Gasteiger partial charge in [0, 0.05) is 64.9 Å². The Kier molecular flexibility index (Phi) is 9.70. The molecule has 14 heteroatoms. The lowest BCUT2D eigenvalue weighted by Gasteiger charge is -2.10. The van der Waals surface area contributed by atoms with E-state index in [0.29, 0.717) is 65.4 Å². The number of ether oxygens (including phenoxy) is 1. The van der Waals surface area contributed by atoms with Crippen LogP contribution in [0.25, 0.3) is 22.1 Å². The SMILES string of the molecule is CCn1nc(C)cc1C(=O)/N=c1\n(C)c2cc(C(N)=O)ccc2n1C/C=C/Cn1/c(=N/C)n(C)c2cc(C=O)cc(OCCCO)c21. The molecule has 0 atom stereocenters. The van der Waals surface area contributed by atoms with Crippen molar-refractivity contribution in [1.29, 1.82) is 0 Å². The van der Waals surface area contributed by atoms with E-state index in [2.05, 4.69) is 15.1 Å². The van der Waals surface area contributed by atoms with Gasteiger partial charge < -0.3 is 33.8 Å².